The van der Waals surface area contributed by atoms with Crippen LogP contribution in [0.1, 0.15) is 22.3 Å². The van der Waals surface area contributed by atoms with Gasteiger partial charge in [0, 0.05) is 7.14 Å². The summed E-state index contributed by atoms with van der Waals surface area (Å²) in [5.41, 5.74) is -3.12. The van der Waals surface area contributed by atoms with Gasteiger partial charge in [0.1, 0.15) is 0 Å². The lowest BCUT2D eigenvalue weighted by atomic mass is 9.90. The summed E-state index contributed by atoms with van der Waals surface area (Å²) in [6, 6.07) is 5.00. The maximum absolute atomic E-state index is 13.5. The van der Waals surface area contributed by atoms with Crippen molar-refractivity contribution in [3.05, 3.63) is 53.7 Å². The minimum atomic E-state index is -4.75. The number of hydrogen-bond acceptors (Lipinski definition) is 0. The monoisotopic (exact) mass is 570 g/mol. The molecule has 0 amide bonds. The standard InChI is InChI=1S/C16H10F6I2/c1-7-11(23)5-3-9(13(7)15(17,18)19)10-4-6-12(24)8(2)14(10)16(20,21)22/h3-6H,1-2H3. The molecule has 0 saturated heterocycles. The second-order valence-electron chi connectivity index (χ2n) is 5.19. The first kappa shape index (κ1) is 19.8. The van der Waals surface area contributed by atoms with Gasteiger partial charge in [0.05, 0.1) is 11.1 Å². The zero-order valence-electron chi connectivity index (χ0n) is 12.3. The molecule has 0 atom stereocenters. The highest BCUT2D eigenvalue weighted by Gasteiger charge is 2.40. The van der Waals surface area contributed by atoms with Crippen LogP contribution < -0.4 is 0 Å². The molecule has 0 spiro atoms. The van der Waals surface area contributed by atoms with Gasteiger partial charge in [-0.15, -0.1) is 0 Å². The molecule has 2 aromatic carbocycles. The molecule has 0 heterocycles. The largest absolute Gasteiger partial charge is 0.417 e. The molecule has 0 aliphatic heterocycles. The molecular formula is C16H10F6I2. The smallest absolute Gasteiger partial charge is 0.166 e. The Morgan fingerprint density at radius 3 is 1.17 bits per heavy atom. The molecular weight excluding hydrogens is 560 g/mol. The van der Waals surface area contributed by atoms with E-state index in [0.717, 1.165) is 12.1 Å². The maximum atomic E-state index is 13.5. The Balaban J connectivity index is 2.94. The molecule has 0 bridgehead atoms. The van der Waals surface area contributed by atoms with Gasteiger partial charge >= 0.3 is 12.4 Å². The predicted octanol–water partition coefficient (Wildman–Crippen LogP) is 7.22. The number of alkyl halides is 6. The SMILES string of the molecule is Cc1c(I)ccc(-c2ccc(I)c(C)c2C(F)(F)F)c1C(F)(F)F. The molecule has 24 heavy (non-hydrogen) atoms. The van der Waals surface area contributed by atoms with Gasteiger partial charge < -0.3 is 0 Å². The van der Waals surface area contributed by atoms with Crippen molar-refractivity contribution in [3.8, 4) is 11.1 Å². The van der Waals surface area contributed by atoms with Crippen LogP contribution in [0.25, 0.3) is 11.1 Å². The Morgan fingerprint density at radius 2 is 0.917 bits per heavy atom. The van der Waals surface area contributed by atoms with Crippen LogP contribution >= 0.6 is 45.2 Å². The Kier molecular flexibility index (Phi) is 5.49. The van der Waals surface area contributed by atoms with E-state index >= 15 is 0 Å². The molecule has 0 radical (unpaired) electrons. The molecule has 2 aromatic rings. The second kappa shape index (κ2) is 6.65. The Morgan fingerprint density at radius 1 is 0.625 bits per heavy atom. The van der Waals surface area contributed by atoms with Crippen molar-refractivity contribution in [3.63, 3.8) is 0 Å². The van der Waals surface area contributed by atoms with E-state index in [1.807, 2.05) is 0 Å². The van der Waals surface area contributed by atoms with Gasteiger partial charge in [0.2, 0.25) is 0 Å². The van der Waals surface area contributed by atoms with E-state index in [1.54, 1.807) is 45.2 Å². The van der Waals surface area contributed by atoms with E-state index in [-0.39, 0.29) is 11.1 Å². The van der Waals surface area contributed by atoms with E-state index in [0.29, 0.717) is 7.14 Å². The van der Waals surface area contributed by atoms with Crippen LogP contribution in [0.4, 0.5) is 26.3 Å². The molecule has 0 unspecified atom stereocenters. The van der Waals surface area contributed by atoms with Gasteiger partial charge in [0.15, 0.2) is 0 Å². The van der Waals surface area contributed by atoms with Crippen LogP contribution in [0.15, 0.2) is 24.3 Å². The molecule has 0 fully saturated rings. The summed E-state index contributed by atoms with van der Waals surface area (Å²) >= 11 is 3.48. The van der Waals surface area contributed by atoms with Crippen LogP contribution in [0.5, 0.6) is 0 Å². The van der Waals surface area contributed by atoms with E-state index in [1.165, 1.54) is 26.0 Å². The third-order valence-corrected chi connectivity index (χ3v) is 5.99. The highest BCUT2D eigenvalue weighted by molar-refractivity contribution is 14.1. The summed E-state index contributed by atoms with van der Waals surface area (Å²) < 4.78 is 81.7. The van der Waals surface area contributed by atoms with Crippen molar-refractivity contribution in [1.29, 1.82) is 0 Å². The topological polar surface area (TPSA) is 0 Å². The fourth-order valence-corrected chi connectivity index (χ4v) is 3.45. The fourth-order valence-electron chi connectivity index (χ4n) is 2.55. The zero-order chi connectivity index (χ0) is 18.4. The lowest BCUT2D eigenvalue weighted by Gasteiger charge is -2.22. The lowest BCUT2D eigenvalue weighted by molar-refractivity contribution is -0.140. The van der Waals surface area contributed by atoms with E-state index in [9.17, 15) is 26.3 Å². The number of hydrogen-bond donors (Lipinski definition) is 0. The first-order valence-electron chi connectivity index (χ1n) is 6.58. The second-order valence-corrected chi connectivity index (χ2v) is 7.51. The van der Waals surface area contributed by atoms with Crippen LogP contribution in [0.3, 0.4) is 0 Å². The normalized spacial score (nSPS) is 12.6. The van der Waals surface area contributed by atoms with Crippen molar-refractivity contribution < 1.29 is 26.3 Å². The fraction of sp³-hybridized carbons (Fsp3) is 0.250. The van der Waals surface area contributed by atoms with Crippen molar-refractivity contribution in [2.75, 3.05) is 0 Å². The molecule has 0 N–H and O–H groups in total. The highest BCUT2D eigenvalue weighted by atomic mass is 127. The quantitative estimate of drug-likeness (QED) is 0.251. The minimum absolute atomic E-state index is 0.0788. The van der Waals surface area contributed by atoms with Gasteiger partial charge in [-0.05, 0) is 93.4 Å². The van der Waals surface area contributed by atoms with Crippen LogP contribution in [-0.4, -0.2) is 0 Å². The molecule has 0 nitrogen and oxygen atoms in total. The van der Waals surface area contributed by atoms with E-state index < -0.39 is 34.6 Å². The van der Waals surface area contributed by atoms with Crippen LogP contribution in [0, 0.1) is 21.0 Å². The summed E-state index contributed by atoms with van der Waals surface area (Å²) in [7, 11) is 0. The van der Waals surface area contributed by atoms with Crippen LogP contribution in [-0.2, 0) is 12.4 Å². The third-order valence-electron chi connectivity index (χ3n) is 3.65. The summed E-state index contributed by atoms with van der Waals surface area (Å²) in [6.45, 7) is 2.53. The zero-order valence-corrected chi connectivity index (χ0v) is 16.6. The van der Waals surface area contributed by atoms with Gasteiger partial charge in [-0.2, -0.15) is 26.3 Å². The molecule has 0 aliphatic rings. The Labute approximate surface area is 161 Å². The highest BCUT2D eigenvalue weighted by Crippen LogP contribution is 2.46. The molecule has 0 aromatic heterocycles. The maximum Gasteiger partial charge on any atom is 0.417 e. The number of halogens is 8. The van der Waals surface area contributed by atoms with E-state index in [2.05, 4.69) is 0 Å². The summed E-state index contributed by atoms with van der Waals surface area (Å²) in [4.78, 5) is 0. The third kappa shape index (κ3) is 3.68. The molecule has 2 rings (SSSR count). The van der Waals surface area contributed by atoms with Gasteiger partial charge in [-0.25, -0.2) is 0 Å². The molecule has 0 aliphatic carbocycles. The predicted molar refractivity (Wildman–Crippen MR) is 96.8 cm³/mol. The van der Waals surface area contributed by atoms with Crippen LogP contribution in [0.2, 0.25) is 0 Å². The molecule has 8 heteroatoms. The van der Waals surface area contributed by atoms with Gasteiger partial charge in [0.25, 0.3) is 0 Å². The lowest BCUT2D eigenvalue weighted by Crippen LogP contribution is -2.15. The van der Waals surface area contributed by atoms with Crippen molar-refractivity contribution >= 4 is 45.2 Å². The first-order chi connectivity index (χ1) is 10.9. The summed E-state index contributed by atoms with van der Waals surface area (Å²) in [6.07, 6.45) is -9.50. The summed E-state index contributed by atoms with van der Waals surface area (Å²) in [5.74, 6) is 0. The van der Waals surface area contributed by atoms with Crippen molar-refractivity contribution in [2.45, 2.75) is 26.2 Å². The van der Waals surface area contributed by atoms with Crippen molar-refractivity contribution in [1.82, 2.24) is 0 Å². The van der Waals surface area contributed by atoms with E-state index in [4.69, 9.17) is 0 Å². The first-order valence-corrected chi connectivity index (χ1v) is 8.74. The summed E-state index contributed by atoms with van der Waals surface area (Å²) in [5, 5.41) is 0. The average molecular weight is 570 g/mol. The number of benzene rings is 2. The average Bonchev–Trinajstić information content (AvgIpc) is 2.41. The minimum Gasteiger partial charge on any atom is -0.166 e. The number of rotatable bonds is 1. The van der Waals surface area contributed by atoms with Gasteiger partial charge in [-0.1, -0.05) is 12.1 Å². The Hall–Kier alpha value is -0.520. The molecule has 130 valence electrons. The van der Waals surface area contributed by atoms with Gasteiger partial charge in [-0.3, -0.25) is 0 Å². The Bertz CT molecular complexity index is 723. The van der Waals surface area contributed by atoms with Crippen molar-refractivity contribution in [2.24, 2.45) is 0 Å². The molecule has 0 saturated carbocycles.